The summed E-state index contributed by atoms with van der Waals surface area (Å²) in [5.74, 6) is 0.157. The van der Waals surface area contributed by atoms with Crippen molar-refractivity contribution in [1.82, 2.24) is 10.2 Å². The molecule has 35 heavy (non-hydrogen) atoms. The molecular formula is C29H33BrN2O3. The fourth-order valence-corrected chi connectivity index (χ4v) is 4.00. The molecule has 0 aliphatic carbocycles. The van der Waals surface area contributed by atoms with Crippen LogP contribution in [0.5, 0.6) is 5.75 Å². The lowest BCUT2D eigenvalue weighted by Gasteiger charge is -2.34. The summed E-state index contributed by atoms with van der Waals surface area (Å²) in [6.45, 7) is 7.97. The maximum Gasteiger partial charge on any atom is 0.261 e. The van der Waals surface area contributed by atoms with Crippen molar-refractivity contribution in [2.24, 2.45) is 0 Å². The van der Waals surface area contributed by atoms with Crippen molar-refractivity contribution in [1.29, 1.82) is 0 Å². The summed E-state index contributed by atoms with van der Waals surface area (Å²) >= 11 is 3.41. The third kappa shape index (κ3) is 8.25. The smallest absolute Gasteiger partial charge is 0.261 e. The van der Waals surface area contributed by atoms with E-state index in [0.29, 0.717) is 18.7 Å². The molecule has 0 aliphatic rings. The van der Waals surface area contributed by atoms with Crippen LogP contribution in [0, 0.1) is 6.92 Å². The first-order chi connectivity index (χ1) is 16.6. The number of nitrogens with zero attached hydrogens (tertiary/aromatic N) is 1. The number of aryl methyl sites for hydroxylation is 1. The zero-order chi connectivity index (χ0) is 25.4. The second kappa shape index (κ2) is 12.0. The number of rotatable bonds is 9. The summed E-state index contributed by atoms with van der Waals surface area (Å²) in [7, 11) is 0. The molecule has 5 nitrogen and oxygen atoms in total. The van der Waals surface area contributed by atoms with Gasteiger partial charge in [-0.2, -0.15) is 0 Å². The number of halogens is 1. The lowest BCUT2D eigenvalue weighted by Crippen LogP contribution is -2.55. The highest BCUT2D eigenvalue weighted by molar-refractivity contribution is 9.10. The van der Waals surface area contributed by atoms with E-state index >= 15 is 0 Å². The minimum Gasteiger partial charge on any atom is -0.484 e. The van der Waals surface area contributed by atoms with Gasteiger partial charge in [-0.15, -0.1) is 0 Å². The molecule has 0 aromatic heterocycles. The molecule has 0 heterocycles. The van der Waals surface area contributed by atoms with Gasteiger partial charge in [0.25, 0.3) is 5.91 Å². The number of nitrogens with one attached hydrogen (secondary N) is 1. The number of ether oxygens (including phenoxy) is 1. The van der Waals surface area contributed by atoms with Gasteiger partial charge in [-0.25, -0.2) is 0 Å². The summed E-state index contributed by atoms with van der Waals surface area (Å²) in [5, 5.41) is 3.08. The lowest BCUT2D eigenvalue weighted by molar-refractivity contribution is -0.143. The maximum atomic E-state index is 13.6. The summed E-state index contributed by atoms with van der Waals surface area (Å²) in [6, 6.07) is 24.3. The normalized spacial score (nSPS) is 12.0. The fraction of sp³-hybridized carbons (Fsp3) is 0.310. The number of carbonyl (C=O) groups excluding carboxylic acids is 2. The molecule has 0 bridgehead atoms. The van der Waals surface area contributed by atoms with E-state index in [2.05, 4.69) is 21.2 Å². The Morgan fingerprint density at radius 3 is 2.20 bits per heavy atom. The van der Waals surface area contributed by atoms with Crippen LogP contribution in [0.3, 0.4) is 0 Å². The first-order valence-corrected chi connectivity index (χ1v) is 12.5. The second-order valence-corrected chi connectivity index (χ2v) is 10.6. The molecule has 3 rings (SSSR count). The predicted molar refractivity (Wildman–Crippen MR) is 143 cm³/mol. The van der Waals surface area contributed by atoms with Gasteiger partial charge in [0.15, 0.2) is 6.61 Å². The molecule has 0 saturated carbocycles. The molecule has 1 N–H and O–H groups in total. The first-order valence-electron chi connectivity index (χ1n) is 11.7. The van der Waals surface area contributed by atoms with Crippen molar-refractivity contribution < 1.29 is 14.3 Å². The van der Waals surface area contributed by atoms with Crippen LogP contribution >= 0.6 is 15.9 Å². The Morgan fingerprint density at radius 1 is 0.943 bits per heavy atom. The molecule has 0 spiro atoms. The van der Waals surface area contributed by atoms with Gasteiger partial charge in [-0.1, -0.05) is 70.5 Å². The Morgan fingerprint density at radius 2 is 1.57 bits per heavy atom. The SMILES string of the molecule is Cc1ccccc1CN(C(=O)COc1ccc(Br)cc1)[C@H](Cc1ccccc1)C(=O)NC(C)(C)C. The van der Waals surface area contributed by atoms with Crippen LogP contribution in [-0.2, 0) is 22.6 Å². The van der Waals surface area contributed by atoms with E-state index in [0.717, 1.165) is 21.2 Å². The third-order valence-electron chi connectivity index (χ3n) is 5.55. The minimum atomic E-state index is -0.697. The zero-order valence-electron chi connectivity index (χ0n) is 20.8. The van der Waals surface area contributed by atoms with E-state index in [4.69, 9.17) is 4.74 Å². The van der Waals surface area contributed by atoms with Crippen molar-refractivity contribution >= 4 is 27.7 Å². The van der Waals surface area contributed by atoms with Gasteiger partial charge in [-0.3, -0.25) is 9.59 Å². The monoisotopic (exact) mass is 536 g/mol. The molecule has 3 aromatic carbocycles. The van der Waals surface area contributed by atoms with Crippen LogP contribution in [0.1, 0.15) is 37.5 Å². The number of amides is 2. The highest BCUT2D eigenvalue weighted by Crippen LogP contribution is 2.20. The van der Waals surface area contributed by atoms with Crippen molar-refractivity contribution in [3.05, 3.63) is 100 Å². The molecule has 6 heteroatoms. The van der Waals surface area contributed by atoms with Gasteiger partial charge < -0.3 is 15.0 Å². The van der Waals surface area contributed by atoms with Gasteiger partial charge in [0, 0.05) is 23.0 Å². The van der Waals surface area contributed by atoms with E-state index in [1.807, 2.05) is 94.4 Å². The lowest BCUT2D eigenvalue weighted by atomic mass is 10.00. The molecular weight excluding hydrogens is 504 g/mol. The zero-order valence-corrected chi connectivity index (χ0v) is 22.3. The number of benzene rings is 3. The quantitative estimate of drug-likeness (QED) is 0.382. The molecule has 0 unspecified atom stereocenters. The molecule has 0 saturated heterocycles. The third-order valence-corrected chi connectivity index (χ3v) is 6.08. The molecule has 0 fully saturated rings. The standard InChI is InChI=1S/C29H33BrN2O3/c1-21-10-8-9-13-23(21)19-32(27(33)20-35-25-16-14-24(30)15-17-25)26(28(34)31-29(2,3)4)18-22-11-6-5-7-12-22/h5-17,26H,18-20H2,1-4H3,(H,31,34)/t26-/m1/s1. The van der Waals surface area contributed by atoms with Gasteiger partial charge in [0.05, 0.1) is 0 Å². The summed E-state index contributed by atoms with van der Waals surface area (Å²) in [6.07, 6.45) is 0.401. The average molecular weight is 537 g/mol. The van der Waals surface area contributed by atoms with E-state index in [1.165, 1.54) is 0 Å². The summed E-state index contributed by atoms with van der Waals surface area (Å²) in [5.41, 5.74) is 2.61. The summed E-state index contributed by atoms with van der Waals surface area (Å²) in [4.78, 5) is 28.8. The minimum absolute atomic E-state index is 0.165. The van der Waals surface area contributed by atoms with Crippen LogP contribution in [0.15, 0.2) is 83.3 Å². The topological polar surface area (TPSA) is 58.6 Å². The van der Waals surface area contributed by atoms with E-state index in [1.54, 1.807) is 17.0 Å². The molecule has 1 atom stereocenters. The van der Waals surface area contributed by atoms with E-state index < -0.39 is 11.6 Å². The molecule has 0 radical (unpaired) electrons. The Balaban J connectivity index is 1.93. The van der Waals surface area contributed by atoms with E-state index in [-0.39, 0.29) is 18.4 Å². The highest BCUT2D eigenvalue weighted by atomic mass is 79.9. The van der Waals surface area contributed by atoms with Gasteiger partial charge in [0.2, 0.25) is 5.91 Å². The van der Waals surface area contributed by atoms with Crippen LogP contribution in [0.2, 0.25) is 0 Å². The van der Waals surface area contributed by atoms with Crippen molar-refractivity contribution in [2.75, 3.05) is 6.61 Å². The Hall–Kier alpha value is -3.12. The second-order valence-electron chi connectivity index (χ2n) is 9.64. The number of carbonyl (C=O) groups is 2. The van der Waals surface area contributed by atoms with E-state index in [9.17, 15) is 9.59 Å². The van der Waals surface area contributed by atoms with Gasteiger partial charge >= 0.3 is 0 Å². The van der Waals surface area contributed by atoms with Gasteiger partial charge in [0.1, 0.15) is 11.8 Å². The maximum absolute atomic E-state index is 13.6. The average Bonchev–Trinajstić information content (AvgIpc) is 2.81. The molecule has 3 aromatic rings. The van der Waals surface area contributed by atoms with Gasteiger partial charge in [-0.05, 0) is 68.7 Å². The largest absolute Gasteiger partial charge is 0.484 e. The predicted octanol–water partition coefficient (Wildman–Crippen LogP) is 5.69. The fourth-order valence-electron chi connectivity index (χ4n) is 3.74. The van der Waals surface area contributed by atoms with Crippen molar-refractivity contribution in [2.45, 2.75) is 52.2 Å². The first kappa shape index (κ1) is 26.5. The molecule has 184 valence electrons. The van der Waals surface area contributed by atoms with Crippen LogP contribution in [0.25, 0.3) is 0 Å². The van der Waals surface area contributed by atoms with Crippen LogP contribution < -0.4 is 10.1 Å². The van der Waals surface area contributed by atoms with Crippen LogP contribution in [-0.4, -0.2) is 34.9 Å². The number of hydrogen-bond donors (Lipinski definition) is 1. The van der Waals surface area contributed by atoms with Crippen LogP contribution in [0.4, 0.5) is 0 Å². The molecule has 0 aliphatic heterocycles. The number of hydrogen-bond acceptors (Lipinski definition) is 3. The van der Waals surface area contributed by atoms with Crippen molar-refractivity contribution in [3.8, 4) is 5.75 Å². The van der Waals surface area contributed by atoms with Crippen molar-refractivity contribution in [3.63, 3.8) is 0 Å². The Labute approximate surface area is 216 Å². The Kier molecular flexibility index (Phi) is 9.10. The summed E-state index contributed by atoms with van der Waals surface area (Å²) < 4.78 is 6.74. The highest BCUT2D eigenvalue weighted by Gasteiger charge is 2.32. The Bertz CT molecular complexity index is 1120. The molecule has 2 amide bonds.